The zero-order valence-corrected chi connectivity index (χ0v) is 3.92. The largest absolute Gasteiger partial charge is 0.701 e. The second kappa shape index (κ2) is 3.97. The van der Waals surface area contributed by atoms with E-state index in [0.29, 0.717) is 6.54 Å². The molecule has 0 aliphatic rings. The lowest BCUT2D eigenvalue weighted by atomic mass is 10.8. The number of hydrazine groups is 1. The molecular weight excluding hydrogens is 100 g/mol. The van der Waals surface area contributed by atoms with Crippen LogP contribution < -0.4 is 10.7 Å². The molecule has 0 bridgehead atoms. The van der Waals surface area contributed by atoms with Crippen LogP contribution >= 0.6 is 0 Å². The van der Waals surface area contributed by atoms with E-state index in [2.05, 4.69) is 10.4 Å². The molecule has 0 rings (SSSR count). The van der Waals surface area contributed by atoms with E-state index in [1.54, 1.807) is 6.92 Å². The molecule has 0 saturated heterocycles. The number of hydrogen-bond donors (Lipinski definition) is 2. The molecule has 0 unspecified atom stereocenters. The van der Waals surface area contributed by atoms with Crippen molar-refractivity contribution in [3.8, 4) is 0 Å². The highest BCUT2D eigenvalue weighted by molar-refractivity contribution is 4.12. The lowest BCUT2D eigenvalue weighted by molar-refractivity contribution is -0.791. The predicted octanol–water partition coefficient (Wildman–Crippen LogP) is -1.59. The lowest BCUT2D eigenvalue weighted by Crippen LogP contribution is -2.38. The molecule has 0 aromatic heterocycles. The van der Waals surface area contributed by atoms with Crippen LogP contribution in [0, 0.1) is 0 Å². The first-order chi connectivity index (χ1) is 3.31. The second-order valence-electron chi connectivity index (χ2n) is 0.859. The molecule has 0 saturated carbocycles. The summed E-state index contributed by atoms with van der Waals surface area (Å²) in [6.45, 7) is 2.15. The van der Waals surface area contributed by atoms with Crippen molar-refractivity contribution in [2.24, 2.45) is 0 Å². The van der Waals surface area contributed by atoms with Crippen molar-refractivity contribution in [2.75, 3.05) is 6.54 Å². The fourth-order valence-electron chi connectivity index (χ4n) is 0.162. The molecule has 0 fully saturated rings. The molecule has 5 heteroatoms. The van der Waals surface area contributed by atoms with Gasteiger partial charge < -0.3 is 10.2 Å². The van der Waals surface area contributed by atoms with Crippen LogP contribution in [-0.2, 0) is 4.99 Å². The second-order valence-corrected chi connectivity index (χ2v) is 0.859. The van der Waals surface area contributed by atoms with E-state index in [0.717, 1.165) is 0 Å². The van der Waals surface area contributed by atoms with E-state index in [1.807, 2.05) is 0 Å². The maximum atomic E-state index is 9.13. The van der Waals surface area contributed by atoms with Crippen molar-refractivity contribution < 1.29 is 15.5 Å². The highest BCUT2D eigenvalue weighted by Gasteiger charge is 1.84. The molecule has 0 heterocycles. The Morgan fingerprint density at radius 1 is 2.00 bits per heavy atom. The first kappa shape index (κ1) is 6.80. The van der Waals surface area contributed by atoms with E-state index >= 15 is 0 Å². The van der Waals surface area contributed by atoms with E-state index in [1.165, 1.54) is 0 Å². The molecule has 5 nitrogen and oxygen atoms in total. The van der Waals surface area contributed by atoms with Gasteiger partial charge in [0.15, 0.2) is 0 Å². The Labute approximate surface area is 40.9 Å². The normalized spacial score (nSPS) is 10.3. The van der Waals surface area contributed by atoms with Crippen LogP contribution in [0.15, 0.2) is 0 Å². The summed E-state index contributed by atoms with van der Waals surface area (Å²) in [5.41, 5.74) is 2.15. The Morgan fingerprint density at radius 2 is 2.57 bits per heavy atom. The molecule has 0 atom stereocenters. The van der Waals surface area contributed by atoms with Crippen LogP contribution in [-0.4, -0.2) is 17.1 Å². The van der Waals surface area contributed by atoms with Crippen LogP contribution in [0.25, 0.3) is 0 Å². The summed E-state index contributed by atoms with van der Waals surface area (Å²) in [5.74, 6) is 0. The summed E-state index contributed by atoms with van der Waals surface area (Å²) < 4.78 is 0. The highest BCUT2D eigenvalue weighted by atomic mass is 17.3. The first-order valence-electron chi connectivity index (χ1n) is 1.83. The molecule has 44 valence electrons. The SMILES string of the molecule is CCNN(O)O[O-]. The highest BCUT2D eigenvalue weighted by Crippen LogP contribution is 1.63. The van der Waals surface area contributed by atoms with Crippen LogP contribution in [0.4, 0.5) is 0 Å². The minimum absolute atomic E-state index is 0. The molecule has 2 N–H and O–H groups in total. The summed E-state index contributed by atoms with van der Waals surface area (Å²) >= 11 is 0. The number of nitrogens with one attached hydrogen (secondary N) is 1. The van der Waals surface area contributed by atoms with Gasteiger partial charge >= 0.3 is 0 Å². The summed E-state index contributed by atoms with van der Waals surface area (Å²) in [7, 11) is 0. The van der Waals surface area contributed by atoms with E-state index in [9.17, 15) is 0 Å². The van der Waals surface area contributed by atoms with Gasteiger partial charge in [-0.3, -0.25) is 5.21 Å². The summed E-state index contributed by atoms with van der Waals surface area (Å²) in [6, 6.07) is 0. The van der Waals surface area contributed by atoms with Crippen molar-refractivity contribution in [2.45, 2.75) is 6.92 Å². The van der Waals surface area contributed by atoms with Gasteiger partial charge in [-0.15, -0.1) is 0 Å². The van der Waals surface area contributed by atoms with Gasteiger partial charge in [-0.2, -0.15) is 0 Å². The third-order valence-corrected chi connectivity index (χ3v) is 0.364. The molecule has 0 aliphatic heterocycles. The van der Waals surface area contributed by atoms with Gasteiger partial charge in [-0.05, 0) is 5.34 Å². The Bertz CT molecular complexity index is 41.9. The molecule has 0 aromatic rings. The fraction of sp³-hybridized carbons (Fsp3) is 1.00. The molecule has 0 aromatic carbocycles. The Kier molecular flexibility index (Phi) is 3.86. The average molecular weight is 107 g/mol. The van der Waals surface area contributed by atoms with Crippen molar-refractivity contribution in [1.82, 2.24) is 10.8 Å². The molecule has 0 spiro atoms. The zero-order valence-electron chi connectivity index (χ0n) is 3.92. The zero-order chi connectivity index (χ0) is 5.70. The van der Waals surface area contributed by atoms with Crippen LogP contribution in [0.3, 0.4) is 0 Å². The first-order valence-corrected chi connectivity index (χ1v) is 1.83. The number of hydrogen-bond acceptors (Lipinski definition) is 5. The van der Waals surface area contributed by atoms with Crippen molar-refractivity contribution in [3.63, 3.8) is 0 Å². The smallest absolute Gasteiger partial charge is 0.0119 e. The van der Waals surface area contributed by atoms with Gasteiger partial charge in [0.1, 0.15) is 0 Å². The summed E-state index contributed by atoms with van der Waals surface area (Å²) in [5, 5.41) is 17.2. The van der Waals surface area contributed by atoms with E-state index < -0.39 is 0 Å². The van der Waals surface area contributed by atoms with Gasteiger partial charge in [-0.25, -0.2) is 5.43 Å². The topological polar surface area (TPSA) is 67.8 Å². The van der Waals surface area contributed by atoms with Gasteiger partial charge in [0.25, 0.3) is 0 Å². The van der Waals surface area contributed by atoms with E-state index in [4.69, 9.17) is 10.5 Å². The van der Waals surface area contributed by atoms with E-state index in [-0.39, 0.29) is 5.34 Å². The monoisotopic (exact) mass is 107 g/mol. The van der Waals surface area contributed by atoms with Crippen molar-refractivity contribution in [3.05, 3.63) is 0 Å². The lowest BCUT2D eigenvalue weighted by Gasteiger charge is -2.15. The number of nitrogens with zero attached hydrogens (tertiary/aromatic N) is 1. The maximum Gasteiger partial charge on any atom is 0.0119 e. The van der Waals surface area contributed by atoms with Gasteiger partial charge in [-0.1, -0.05) is 6.92 Å². The minimum atomic E-state index is 0. The van der Waals surface area contributed by atoms with Gasteiger partial charge in [0.05, 0.1) is 0 Å². The third kappa shape index (κ3) is 3.64. The number of rotatable bonds is 3. The predicted molar refractivity (Wildman–Crippen MR) is 18.4 cm³/mol. The fourth-order valence-corrected chi connectivity index (χ4v) is 0.162. The average Bonchev–Trinajstić information content (AvgIpc) is 1.68. The maximum absolute atomic E-state index is 9.13. The Balaban J connectivity index is 2.83. The van der Waals surface area contributed by atoms with Crippen LogP contribution in [0.2, 0.25) is 0 Å². The molecule has 7 heavy (non-hydrogen) atoms. The van der Waals surface area contributed by atoms with Crippen LogP contribution in [0.1, 0.15) is 6.92 Å². The molecule has 0 aliphatic carbocycles. The molecule has 0 amide bonds. The Hall–Kier alpha value is -0.200. The van der Waals surface area contributed by atoms with Gasteiger partial charge in [0.2, 0.25) is 0 Å². The quantitative estimate of drug-likeness (QED) is 0.336. The van der Waals surface area contributed by atoms with Gasteiger partial charge in [0, 0.05) is 6.54 Å². The van der Waals surface area contributed by atoms with Crippen LogP contribution in [0.5, 0.6) is 0 Å². The molecule has 0 radical (unpaired) electrons. The Morgan fingerprint density at radius 3 is 2.71 bits per heavy atom. The van der Waals surface area contributed by atoms with Crippen molar-refractivity contribution in [1.29, 1.82) is 0 Å². The third-order valence-electron chi connectivity index (χ3n) is 0.364. The van der Waals surface area contributed by atoms with Crippen molar-refractivity contribution >= 4 is 0 Å². The standard InChI is InChI=1S/C2H8N2O3/c1-2-3-4(5)7-6/h3,5-6H,2H2,1H3/p-1. The summed E-state index contributed by atoms with van der Waals surface area (Å²) in [6.07, 6.45) is 0. The minimum Gasteiger partial charge on any atom is -0.701 e. The summed E-state index contributed by atoms with van der Waals surface area (Å²) in [4.78, 5) is 3.02. The molecular formula is C2H7N2O3-.